The number of thiazole rings is 1. The molecule has 42 heavy (non-hydrogen) atoms. The molecule has 0 spiro atoms. The van der Waals surface area contributed by atoms with Crippen LogP contribution in [0.2, 0.25) is 0 Å². The number of rotatable bonds is 7. The molecule has 1 atom stereocenters. The van der Waals surface area contributed by atoms with Crippen molar-refractivity contribution in [2.75, 3.05) is 0 Å². The molecule has 3 N–H and O–H groups in total. The largest absolute Gasteiger partial charge is 0.543 e. The summed E-state index contributed by atoms with van der Waals surface area (Å²) in [5.74, 6) is -2.98. The van der Waals surface area contributed by atoms with E-state index in [1.807, 2.05) is 0 Å². The number of aromatic carboxylic acids is 1. The van der Waals surface area contributed by atoms with Crippen LogP contribution in [0.15, 0.2) is 77.0 Å². The number of benzene rings is 3. The van der Waals surface area contributed by atoms with Crippen molar-refractivity contribution in [2.45, 2.75) is 17.5 Å². The average Bonchev–Trinajstić information content (AvgIpc) is 3.55. The number of hydrogen-bond donors (Lipinski definition) is 2. The van der Waals surface area contributed by atoms with E-state index in [1.165, 1.54) is 48.5 Å². The summed E-state index contributed by atoms with van der Waals surface area (Å²) in [4.78, 5) is 14.8. The van der Waals surface area contributed by atoms with Gasteiger partial charge >= 0.3 is 16.6 Å². The molecule has 0 aliphatic carbocycles. The number of hydrogen-bond acceptors (Lipinski definition) is 6. The highest BCUT2D eigenvalue weighted by molar-refractivity contribution is 7.95. The Balaban J connectivity index is 1.74. The predicted molar refractivity (Wildman–Crippen MR) is 142 cm³/mol. The van der Waals surface area contributed by atoms with Gasteiger partial charge in [-0.3, -0.25) is 0 Å². The summed E-state index contributed by atoms with van der Waals surface area (Å²) in [6.45, 7) is 0. The lowest BCUT2D eigenvalue weighted by Crippen LogP contribution is -2.22. The van der Waals surface area contributed by atoms with Crippen LogP contribution in [-0.2, 0) is 27.2 Å². The van der Waals surface area contributed by atoms with Gasteiger partial charge in [0.15, 0.2) is 5.69 Å². The van der Waals surface area contributed by atoms with Crippen LogP contribution in [0.5, 0.6) is 0 Å². The highest BCUT2D eigenvalue weighted by Crippen LogP contribution is 2.41. The maximum atomic E-state index is 14.8. The van der Waals surface area contributed by atoms with Crippen molar-refractivity contribution < 1.29 is 40.6 Å². The smallest absolute Gasteiger partial charge is 0.433 e. The van der Waals surface area contributed by atoms with Gasteiger partial charge in [-0.2, -0.15) is 22.8 Å². The van der Waals surface area contributed by atoms with Crippen molar-refractivity contribution in [3.05, 3.63) is 106 Å². The zero-order valence-corrected chi connectivity index (χ0v) is 22.6. The number of nitrogens with two attached hydrogens (primary N) is 1. The number of carbonyl (C=O) groups excluding carboxylic acids is 1. The molecular weight excluding hydrogens is 603 g/mol. The predicted octanol–water partition coefficient (Wildman–Crippen LogP) is 5.12. The van der Waals surface area contributed by atoms with E-state index >= 15 is 0 Å². The molecule has 0 aliphatic rings. The summed E-state index contributed by atoms with van der Waals surface area (Å²) in [6, 6.07) is 13.4. The minimum atomic E-state index is -5.02. The number of carboxylic acid groups (broad SMARTS) is 1. The lowest BCUT2D eigenvalue weighted by molar-refractivity contribution is -0.255. The maximum Gasteiger partial charge on any atom is 0.433 e. The molecule has 3 aromatic carbocycles. The Hall–Kier alpha value is -4.31. The van der Waals surface area contributed by atoms with E-state index in [4.69, 9.17) is 5.14 Å². The molecule has 5 rings (SSSR count). The van der Waals surface area contributed by atoms with Crippen molar-refractivity contribution in [1.82, 2.24) is 14.8 Å². The van der Waals surface area contributed by atoms with Crippen LogP contribution < -0.4 is 10.2 Å². The third-order valence-corrected chi connectivity index (χ3v) is 7.94. The van der Waals surface area contributed by atoms with E-state index in [-0.39, 0.29) is 38.4 Å². The Bertz CT molecular complexity index is 1850. The summed E-state index contributed by atoms with van der Waals surface area (Å²) in [5.41, 5.74) is -1.85. The van der Waals surface area contributed by atoms with Crippen LogP contribution in [-0.4, -0.2) is 25.3 Å². The number of aromatic nitrogens is 3. The van der Waals surface area contributed by atoms with Crippen molar-refractivity contribution in [2.24, 2.45) is 5.14 Å². The molecule has 15 heteroatoms. The Morgan fingerprint density at radius 3 is 2.24 bits per heavy atom. The third-order valence-electron chi connectivity index (χ3n) is 6.17. The molecule has 0 saturated carbocycles. The molecule has 0 bridgehead atoms. The minimum Gasteiger partial charge on any atom is -0.543 e. The van der Waals surface area contributed by atoms with Crippen LogP contribution >= 0.6 is 11.3 Å². The number of carboxylic acids is 1. The summed E-state index contributed by atoms with van der Waals surface area (Å²) in [5, 5.41) is 21.3. The van der Waals surface area contributed by atoms with Crippen LogP contribution in [0.4, 0.5) is 22.0 Å². The average molecular weight is 621 g/mol. The van der Waals surface area contributed by atoms with Crippen LogP contribution in [0.3, 0.4) is 0 Å². The fourth-order valence-corrected chi connectivity index (χ4v) is 5.54. The molecule has 0 radical (unpaired) electrons. The van der Waals surface area contributed by atoms with Crippen molar-refractivity contribution in [3.63, 3.8) is 0 Å². The second-order valence-electron chi connectivity index (χ2n) is 8.98. The first-order valence-electron chi connectivity index (χ1n) is 11.8. The molecule has 216 valence electrons. The molecule has 8 nitrogen and oxygen atoms in total. The van der Waals surface area contributed by atoms with Crippen molar-refractivity contribution in [3.8, 4) is 27.5 Å². The van der Waals surface area contributed by atoms with Crippen molar-refractivity contribution >= 4 is 27.7 Å². The molecular formula is C27H17F5N4O4S2. The summed E-state index contributed by atoms with van der Waals surface area (Å²) >= 11 is 0.593. The fraction of sp³-hybridized carbons (Fsp3) is 0.0741. The molecule has 0 fully saturated rings. The Labute approximate surface area is 239 Å². The normalized spacial score (nSPS) is 13.2. The lowest BCUT2D eigenvalue weighted by atomic mass is 9.96. The maximum absolute atomic E-state index is 14.8. The monoisotopic (exact) mass is 620 g/mol. The highest BCUT2D eigenvalue weighted by atomic mass is 32.3. The molecule has 2 heterocycles. The number of carbonyl (C=O) groups is 1. The van der Waals surface area contributed by atoms with Gasteiger partial charge in [-0.25, -0.2) is 18.4 Å². The highest BCUT2D eigenvalue weighted by Gasteiger charge is 2.41. The number of halogens is 5. The zero-order valence-electron chi connectivity index (χ0n) is 20.9. The fourth-order valence-electron chi connectivity index (χ4n) is 4.26. The van der Waals surface area contributed by atoms with Crippen molar-refractivity contribution in [1.29, 1.82) is 0 Å². The van der Waals surface area contributed by atoms with Gasteiger partial charge in [0, 0.05) is 28.5 Å². The van der Waals surface area contributed by atoms with Gasteiger partial charge in [-0.15, -0.1) is 16.5 Å². The van der Waals surface area contributed by atoms with E-state index in [1.54, 1.807) is 0 Å². The standard InChI is InChI=1S/C27H17F5N4O4S2/c28-17-6-3-15(4-7-17)19-12-16(5-10-21(19)29)23-20(11-14-1-8-18(9-2-14)42(33,39)40)24(27(30,31)32)36(35-23)26-34-22(13-41-26)25(37)38/h1-10,12-13H,11H2,(H3-,33,37,38,39,40). The first kappa shape index (κ1) is 29.2. The van der Waals surface area contributed by atoms with E-state index in [0.717, 1.165) is 23.6 Å². The third kappa shape index (κ3) is 5.85. The van der Waals surface area contributed by atoms with Gasteiger partial charge in [0.25, 0.3) is 0 Å². The Morgan fingerprint density at radius 1 is 1.02 bits per heavy atom. The molecule has 1 unspecified atom stereocenters. The second kappa shape index (κ2) is 10.8. The Kier molecular flexibility index (Phi) is 7.53. The van der Waals surface area contributed by atoms with Crippen LogP contribution in [0, 0.1) is 11.6 Å². The van der Waals surface area contributed by atoms with Gasteiger partial charge in [-0.05, 0) is 57.8 Å². The molecule has 5 aromatic rings. The van der Waals surface area contributed by atoms with Gasteiger partial charge < -0.3 is 9.90 Å². The number of alkyl halides is 3. The van der Waals surface area contributed by atoms with E-state index in [2.05, 4.69) is 10.1 Å². The molecule has 0 aliphatic heterocycles. The first-order valence-corrected chi connectivity index (χ1v) is 14.2. The summed E-state index contributed by atoms with van der Waals surface area (Å²) < 4.78 is 94.1. The van der Waals surface area contributed by atoms with Gasteiger partial charge in [0.1, 0.15) is 11.6 Å². The molecule has 0 saturated heterocycles. The SMILES string of the molecule is N[S+](=O)(O)c1ccc(Cc2c(-c3ccc(F)c(-c4ccc(F)cc4)c3)nn(-c3nc(C(=O)[O-])cs3)c2C(F)(F)F)cc1. The summed E-state index contributed by atoms with van der Waals surface area (Å²) in [7, 11) is -3.81. The number of nitrogens with zero attached hydrogens (tertiary/aromatic N) is 3. The zero-order chi connectivity index (χ0) is 30.4. The quantitative estimate of drug-likeness (QED) is 0.192. The van der Waals surface area contributed by atoms with E-state index in [9.17, 15) is 40.6 Å². The van der Waals surface area contributed by atoms with Crippen LogP contribution in [0.1, 0.15) is 27.3 Å². The lowest BCUT2D eigenvalue weighted by Gasteiger charge is -2.12. The second-order valence-corrected chi connectivity index (χ2v) is 11.4. The molecule has 2 aromatic heterocycles. The van der Waals surface area contributed by atoms with Gasteiger partial charge in [0.05, 0.1) is 17.4 Å². The van der Waals surface area contributed by atoms with Crippen LogP contribution in [0.25, 0.3) is 27.5 Å². The van der Waals surface area contributed by atoms with Gasteiger partial charge in [0.2, 0.25) is 10.0 Å². The Morgan fingerprint density at radius 2 is 1.67 bits per heavy atom. The topological polar surface area (TPSA) is 134 Å². The molecule has 0 amide bonds. The first-order chi connectivity index (χ1) is 19.7. The van der Waals surface area contributed by atoms with E-state index in [0.29, 0.717) is 16.0 Å². The minimum absolute atomic E-state index is 0.0277. The van der Waals surface area contributed by atoms with E-state index < -0.39 is 57.1 Å². The van der Waals surface area contributed by atoms with Gasteiger partial charge in [-0.1, -0.05) is 24.3 Å². The summed E-state index contributed by atoms with van der Waals surface area (Å²) in [6.07, 6.45) is -5.42.